The van der Waals surface area contributed by atoms with Crippen LogP contribution in [0.3, 0.4) is 0 Å². The van der Waals surface area contributed by atoms with E-state index >= 15 is 0 Å². The Morgan fingerprint density at radius 2 is 1.47 bits per heavy atom. The second-order valence-corrected chi connectivity index (χ2v) is 10.7. The molecule has 0 amide bonds. The highest BCUT2D eigenvalue weighted by Gasteiger charge is 2.39. The van der Waals surface area contributed by atoms with Gasteiger partial charge in [-0.25, -0.2) is 8.42 Å². The van der Waals surface area contributed by atoms with Crippen LogP contribution in [0.1, 0.15) is 6.92 Å². The first-order valence-corrected chi connectivity index (χ1v) is 12.2. The molecule has 1 atom stereocenters. The summed E-state index contributed by atoms with van der Waals surface area (Å²) in [5, 5.41) is 10.4. The normalized spacial score (nSPS) is 13.5. The van der Waals surface area contributed by atoms with Crippen LogP contribution in [-0.4, -0.2) is 31.0 Å². The zero-order valence-electron chi connectivity index (χ0n) is 16.3. The smallest absolute Gasteiger partial charge is 0.311 e. The zero-order valence-corrected chi connectivity index (χ0v) is 18.7. The third-order valence-corrected chi connectivity index (χ3v) is 8.36. The van der Waals surface area contributed by atoms with Gasteiger partial charge in [0.05, 0.1) is 16.1 Å². The van der Waals surface area contributed by atoms with Crippen LogP contribution in [0, 0.1) is 5.41 Å². The number of carboxylic acid groups (broad SMARTS) is 1. The molecule has 0 aromatic heterocycles. The molecule has 0 fully saturated rings. The molecule has 0 heterocycles. The van der Waals surface area contributed by atoms with Crippen molar-refractivity contribution in [2.45, 2.75) is 16.7 Å². The van der Waals surface area contributed by atoms with E-state index in [9.17, 15) is 18.3 Å². The lowest BCUT2D eigenvalue weighted by atomic mass is 9.97. The Morgan fingerprint density at radius 3 is 2.00 bits per heavy atom. The first-order chi connectivity index (χ1) is 14.2. The fourth-order valence-electron chi connectivity index (χ4n) is 2.92. The SMILES string of the molecule is C[C@](CSc1ccccc1)(CS(=O)(=O)c1ccc(-c2ccc(Cl)cc2)cc1)C(=O)O. The number of thioether (sulfide) groups is 1. The summed E-state index contributed by atoms with van der Waals surface area (Å²) in [6.45, 7) is 1.48. The van der Waals surface area contributed by atoms with Gasteiger partial charge >= 0.3 is 5.97 Å². The first-order valence-electron chi connectivity index (χ1n) is 9.20. The summed E-state index contributed by atoms with van der Waals surface area (Å²) >= 11 is 7.24. The molecule has 3 aromatic carbocycles. The lowest BCUT2D eigenvalue weighted by Gasteiger charge is -2.24. The molecule has 4 nitrogen and oxygen atoms in total. The van der Waals surface area contributed by atoms with Gasteiger partial charge in [-0.2, -0.15) is 0 Å². The number of rotatable bonds is 8. The van der Waals surface area contributed by atoms with E-state index in [4.69, 9.17) is 11.6 Å². The second-order valence-electron chi connectivity index (χ2n) is 7.26. The van der Waals surface area contributed by atoms with E-state index < -0.39 is 27.0 Å². The Hall–Kier alpha value is -2.28. The largest absolute Gasteiger partial charge is 0.481 e. The highest BCUT2D eigenvalue weighted by atomic mass is 35.5. The van der Waals surface area contributed by atoms with Crippen LogP contribution in [0.5, 0.6) is 0 Å². The van der Waals surface area contributed by atoms with E-state index in [2.05, 4.69) is 0 Å². The lowest BCUT2D eigenvalue weighted by molar-refractivity contribution is -0.145. The topological polar surface area (TPSA) is 71.4 Å². The number of sulfone groups is 1. The molecule has 0 aliphatic carbocycles. The molecular weight excluding hydrogens is 440 g/mol. The quantitative estimate of drug-likeness (QED) is 0.439. The summed E-state index contributed by atoms with van der Waals surface area (Å²) < 4.78 is 25.9. The minimum absolute atomic E-state index is 0.109. The van der Waals surface area contributed by atoms with Crippen molar-refractivity contribution < 1.29 is 18.3 Å². The van der Waals surface area contributed by atoms with E-state index in [1.807, 2.05) is 42.5 Å². The molecule has 0 saturated heterocycles. The molecular formula is C23H21ClO4S2. The second kappa shape index (κ2) is 9.25. The Balaban J connectivity index is 1.78. The molecule has 7 heteroatoms. The molecule has 3 rings (SSSR count). The zero-order chi connectivity index (χ0) is 21.8. The Morgan fingerprint density at radius 1 is 0.933 bits per heavy atom. The third kappa shape index (κ3) is 5.45. The van der Waals surface area contributed by atoms with E-state index in [0.717, 1.165) is 16.0 Å². The maximum Gasteiger partial charge on any atom is 0.311 e. The van der Waals surface area contributed by atoms with Crippen molar-refractivity contribution in [1.29, 1.82) is 0 Å². The molecule has 0 radical (unpaired) electrons. The summed E-state index contributed by atoms with van der Waals surface area (Å²) in [4.78, 5) is 12.9. The van der Waals surface area contributed by atoms with Crippen molar-refractivity contribution in [3.63, 3.8) is 0 Å². The summed E-state index contributed by atoms with van der Waals surface area (Å²) in [5.41, 5.74) is 0.345. The number of carbonyl (C=O) groups is 1. The molecule has 0 unspecified atom stereocenters. The van der Waals surface area contributed by atoms with Gasteiger partial charge < -0.3 is 5.11 Å². The highest BCUT2D eigenvalue weighted by molar-refractivity contribution is 7.99. The monoisotopic (exact) mass is 460 g/mol. The molecule has 0 aliphatic heterocycles. The van der Waals surface area contributed by atoms with Crippen molar-refractivity contribution in [3.8, 4) is 11.1 Å². The number of carboxylic acids is 1. The molecule has 156 valence electrons. The van der Waals surface area contributed by atoms with Gasteiger partial charge in [0.15, 0.2) is 9.84 Å². The van der Waals surface area contributed by atoms with E-state index in [1.165, 1.54) is 30.8 Å². The van der Waals surface area contributed by atoms with E-state index in [0.29, 0.717) is 5.02 Å². The van der Waals surface area contributed by atoms with Gasteiger partial charge in [0.1, 0.15) is 0 Å². The maximum absolute atomic E-state index is 13.0. The van der Waals surface area contributed by atoms with Crippen molar-refractivity contribution in [1.82, 2.24) is 0 Å². The standard InChI is InChI=1S/C23H21ClO4S2/c1-23(22(25)26,15-29-20-5-3-2-4-6-20)16-30(27,28)21-13-9-18(10-14-21)17-7-11-19(24)12-8-17/h2-14H,15-16H2,1H3,(H,25,26)/t23-/m0/s1. The Bertz CT molecular complexity index is 1110. The molecule has 0 saturated carbocycles. The Labute approximate surface area is 185 Å². The number of halogens is 1. The fourth-order valence-corrected chi connectivity index (χ4v) is 6.02. The van der Waals surface area contributed by atoms with Crippen molar-refractivity contribution in [2.75, 3.05) is 11.5 Å². The molecule has 0 spiro atoms. The van der Waals surface area contributed by atoms with Gasteiger partial charge in [-0.1, -0.05) is 54.1 Å². The third-order valence-electron chi connectivity index (χ3n) is 4.72. The molecule has 30 heavy (non-hydrogen) atoms. The summed E-state index contributed by atoms with van der Waals surface area (Å²) in [7, 11) is -3.79. The van der Waals surface area contributed by atoms with Crippen LogP contribution in [0.4, 0.5) is 0 Å². The molecule has 1 N–H and O–H groups in total. The van der Waals surface area contributed by atoms with Crippen LogP contribution < -0.4 is 0 Å². The van der Waals surface area contributed by atoms with Gasteiger partial charge in [-0.05, 0) is 54.4 Å². The predicted octanol–water partition coefficient (Wildman–Crippen LogP) is 5.66. The number of aliphatic carboxylic acids is 1. The summed E-state index contributed by atoms with van der Waals surface area (Å²) in [6, 6.07) is 23.1. The Kier molecular flexibility index (Phi) is 6.91. The van der Waals surface area contributed by atoms with Gasteiger partial charge in [0.2, 0.25) is 0 Å². The average molecular weight is 461 g/mol. The van der Waals surface area contributed by atoms with Crippen LogP contribution in [0.15, 0.2) is 88.7 Å². The van der Waals surface area contributed by atoms with Crippen LogP contribution in [0.2, 0.25) is 5.02 Å². The average Bonchev–Trinajstić information content (AvgIpc) is 2.73. The van der Waals surface area contributed by atoms with Crippen LogP contribution in [0.25, 0.3) is 11.1 Å². The van der Waals surface area contributed by atoms with Gasteiger partial charge in [0.25, 0.3) is 0 Å². The van der Waals surface area contributed by atoms with E-state index in [1.54, 1.807) is 24.3 Å². The van der Waals surface area contributed by atoms with Crippen molar-refractivity contribution in [2.24, 2.45) is 5.41 Å². The van der Waals surface area contributed by atoms with Crippen LogP contribution in [-0.2, 0) is 14.6 Å². The molecule has 3 aromatic rings. The molecule has 0 bridgehead atoms. The summed E-state index contributed by atoms with van der Waals surface area (Å²) in [6.07, 6.45) is 0. The highest BCUT2D eigenvalue weighted by Crippen LogP contribution is 2.32. The minimum Gasteiger partial charge on any atom is -0.481 e. The number of benzene rings is 3. The van der Waals surface area contributed by atoms with Gasteiger partial charge in [-0.15, -0.1) is 11.8 Å². The van der Waals surface area contributed by atoms with Gasteiger partial charge in [-0.3, -0.25) is 4.79 Å². The van der Waals surface area contributed by atoms with Crippen molar-refractivity contribution in [3.05, 3.63) is 83.9 Å². The van der Waals surface area contributed by atoms with Crippen molar-refractivity contribution >= 4 is 39.2 Å². The first kappa shape index (κ1) is 22.4. The minimum atomic E-state index is -3.79. The molecule has 0 aliphatic rings. The predicted molar refractivity (Wildman–Crippen MR) is 122 cm³/mol. The fraction of sp³-hybridized carbons (Fsp3) is 0.174. The lowest BCUT2D eigenvalue weighted by Crippen LogP contribution is -2.37. The summed E-state index contributed by atoms with van der Waals surface area (Å²) in [5.74, 6) is -1.46. The number of hydrogen-bond acceptors (Lipinski definition) is 4. The number of hydrogen-bond donors (Lipinski definition) is 1. The van der Waals surface area contributed by atoms with Gasteiger partial charge in [0, 0.05) is 15.7 Å². The van der Waals surface area contributed by atoms with Crippen LogP contribution >= 0.6 is 23.4 Å². The maximum atomic E-state index is 13.0. The van der Waals surface area contributed by atoms with E-state index in [-0.39, 0.29) is 10.6 Å².